The van der Waals surface area contributed by atoms with Crippen LogP contribution in [0, 0.1) is 23.0 Å². The van der Waals surface area contributed by atoms with Gasteiger partial charge in [-0.2, -0.15) is 5.26 Å². The fourth-order valence-electron chi connectivity index (χ4n) is 8.09. The molecule has 0 saturated carbocycles. The van der Waals surface area contributed by atoms with Crippen LogP contribution in [0.15, 0.2) is 176 Å². The summed E-state index contributed by atoms with van der Waals surface area (Å²) in [5, 5.41) is 14.3. The molecule has 0 aliphatic rings. The van der Waals surface area contributed by atoms with Crippen LogP contribution in [0.1, 0.15) is 5.56 Å². The van der Waals surface area contributed by atoms with Crippen LogP contribution in [0.2, 0.25) is 0 Å². The van der Waals surface area contributed by atoms with Crippen molar-refractivity contribution in [1.82, 2.24) is 9.13 Å². The van der Waals surface area contributed by atoms with Crippen molar-refractivity contribution in [2.45, 2.75) is 0 Å². The van der Waals surface area contributed by atoms with Crippen LogP contribution >= 0.6 is 0 Å². The van der Waals surface area contributed by atoms with Crippen LogP contribution < -0.4 is 0 Å². The zero-order chi connectivity index (χ0) is 36.3. The number of nitriles is 1. The monoisotopic (exact) mass is 697 g/mol. The van der Waals surface area contributed by atoms with Crippen LogP contribution in [-0.2, 0) is 0 Å². The van der Waals surface area contributed by atoms with Crippen molar-refractivity contribution >= 4 is 43.6 Å². The van der Waals surface area contributed by atoms with E-state index in [2.05, 4.69) is 137 Å². The number of hydrogen-bond donors (Lipinski definition) is 0. The maximum atomic E-state index is 14.5. The Hall–Kier alpha value is -7.29. The summed E-state index contributed by atoms with van der Waals surface area (Å²) in [5.74, 6) is -1.35. The molecule has 10 rings (SSSR count). The van der Waals surface area contributed by atoms with E-state index < -0.39 is 11.6 Å². The first-order valence-electron chi connectivity index (χ1n) is 17.8. The highest BCUT2D eigenvalue weighted by molar-refractivity contribution is 6.12. The third-order valence-corrected chi connectivity index (χ3v) is 10.4. The van der Waals surface area contributed by atoms with Gasteiger partial charge in [0, 0.05) is 38.7 Å². The van der Waals surface area contributed by atoms with Crippen molar-refractivity contribution in [3.8, 4) is 50.8 Å². The molecule has 2 aromatic heterocycles. The zero-order valence-electron chi connectivity index (χ0n) is 28.8. The minimum atomic E-state index is -0.677. The first kappa shape index (κ1) is 31.4. The summed E-state index contributed by atoms with van der Waals surface area (Å²) in [6.07, 6.45) is 0. The predicted molar refractivity (Wildman–Crippen MR) is 216 cm³/mol. The molecule has 0 aliphatic heterocycles. The Morgan fingerprint density at radius 1 is 0.370 bits per heavy atom. The Balaban J connectivity index is 1.19. The first-order chi connectivity index (χ1) is 26.6. The Morgan fingerprint density at radius 2 is 0.852 bits per heavy atom. The molecule has 0 fully saturated rings. The lowest BCUT2D eigenvalue weighted by atomic mass is 9.96. The first-order valence-corrected chi connectivity index (χ1v) is 17.8. The lowest BCUT2D eigenvalue weighted by Crippen LogP contribution is -1.99. The molecule has 10 aromatic rings. The predicted octanol–water partition coefficient (Wildman–Crippen LogP) is 13.0. The van der Waals surface area contributed by atoms with Crippen molar-refractivity contribution in [3.05, 3.63) is 193 Å². The Morgan fingerprint density at radius 3 is 1.46 bits per heavy atom. The van der Waals surface area contributed by atoms with Crippen molar-refractivity contribution < 1.29 is 8.78 Å². The van der Waals surface area contributed by atoms with Gasteiger partial charge in [-0.15, -0.1) is 0 Å². The van der Waals surface area contributed by atoms with Gasteiger partial charge in [-0.05, 0) is 95.1 Å². The van der Waals surface area contributed by atoms with E-state index in [1.165, 1.54) is 22.9 Å². The number of para-hydroxylation sites is 3. The molecular weight excluding hydrogens is 669 g/mol. The molecule has 0 atom stereocenters. The number of fused-ring (bicyclic) bond motifs is 6. The van der Waals surface area contributed by atoms with E-state index in [1.807, 2.05) is 24.3 Å². The minimum Gasteiger partial charge on any atom is -0.309 e. The second kappa shape index (κ2) is 12.4. The van der Waals surface area contributed by atoms with E-state index in [0.717, 1.165) is 72.5 Å². The van der Waals surface area contributed by atoms with Gasteiger partial charge in [-0.1, -0.05) is 97.1 Å². The molecule has 0 amide bonds. The van der Waals surface area contributed by atoms with Crippen LogP contribution in [-0.4, -0.2) is 9.13 Å². The van der Waals surface area contributed by atoms with Gasteiger partial charge in [0.1, 0.15) is 11.6 Å². The van der Waals surface area contributed by atoms with E-state index in [-0.39, 0.29) is 0 Å². The number of halogens is 2. The summed E-state index contributed by atoms with van der Waals surface area (Å²) in [6.45, 7) is 0. The average molecular weight is 698 g/mol. The lowest BCUT2D eigenvalue weighted by Gasteiger charge is -2.16. The molecule has 0 spiro atoms. The van der Waals surface area contributed by atoms with Gasteiger partial charge in [0.25, 0.3) is 0 Å². The van der Waals surface area contributed by atoms with E-state index in [4.69, 9.17) is 0 Å². The SMILES string of the molecule is N#Cc1ccc(-n2c3ccccc3c3cc(-c4ccc(-n5c6ccccc6c6ccccc65)c(-c5ccccc5)c4)ccc32)c(-c2cc(F)cc(F)c2)c1. The number of rotatable bonds is 5. The molecule has 0 saturated heterocycles. The van der Waals surface area contributed by atoms with Crippen molar-refractivity contribution in [2.75, 3.05) is 0 Å². The molecule has 3 nitrogen and oxygen atoms in total. The number of nitrogens with zero attached hydrogens (tertiary/aromatic N) is 3. The van der Waals surface area contributed by atoms with Crippen LogP contribution in [0.5, 0.6) is 0 Å². The largest absolute Gasteiger partial charge is 0.309 e. The summed E-state index contributed by atoms with van der Waals surface area (Å²) >= 11 is 0. The van der Waals surface area contributed by atoms with Gasteiger partial charge in [0.2, 0.25) is 0 Å². The Kier molecular flexibility index (Phi) is 7.24. The van der Waals surface area contributed by atoms with Crippen LogP contribution in [0.4, 0.5) is 8.78 Å². The quantitative estimate of drug-likeness (QED) is 0.176. The topological polar surface area (TPSA) is 33.6 Å². The van der Waals surface area contributed by atoms with Gasteiger partial charge >= 0.3 is 0 Å². The molecule has 5 heteroatoms. The van der Waals surface area contributed by atoms with Crippen molar-refractivity contribution in [1.29, 1.82) is 5.26 Å². The van der Waals surface area contributed by atoms with E-state index in [0.29, 0.717) is 16.7 Å². The molecule has 54 heavy (non-hydrogen) atoms. The molecular formula is C49H29F2N3. The summed E-state index contributed by atoms with van der Waals surface area (Å²) in [6, 6.07) is 59.9. The number of hydrogen-bond acceptors (Lipinski definition) is 1. The van der Waals surface area contributed by atoms with Gasteiger partial charge in [0.05, 0.1) is 45.1 Å². The second-order valence-corrected chi connectivity index (χ2v) is 13.6. The summed E-state index contributed by atoms with van der Waals surface area (Å²) in [5.41, 5.74) is 11.7. The highest BCUT2D eigenvalue weighted by Crippen LogP contribution is 2.41. The smallest absolute Gasteiger partial charge is 0.126 e. The van der Waals surface area contributed by atoms with Crippen molar-refractivity contribution in [2.24, 2.45) is 0 Å². The molecule has 0 radical (unpaired) electrons. The normalized spacial score (nSPS) is 11.5. The van der Waals surface area contributed by atoms with Gasteiger partial charge in [0.15, 0.2) is 0 Å². The average Bonchev–Trinajstić information content (AvgIpc) is 3.73. The van der Waals surface area contributed by atoms with Crippen molar-refractivity contribution in [3.63, 3.8) is 0 Å². The van der Waals surface area contributed by atoms with E-state index >= 15 is 0 Å². The maximum absolute atomic E-state index is 14.5. The highest BCUT2D eigenvalue weighted by Gasteiger charge is 2.20. The number of benzene rings is 8. The standard InChI is InChI=1S/C49H29F2N3/c50-36-25-35(26-37(51)29-36)41-24-31(30-52)18-21-47(41)54-46-17-9-6-14-40(46)43-28-34(20-23-49(43)54)33-19-22-48(42(27-33)32-10-2-1-3-11-32)53-44-15-7-4-12-38(44)39-13-5-8-16-45(39)53/h1-29H. The third-order valence-electron chi connectivity index (χ3n) is 10.4. The highest BCUT2D eigenvalue weighted by atomic mass is 19.1. The minimum absolute atomic E-state index is 0.360. The van der Waals surface area contributed by atoms with Gasteiger partial charge in [-0.3, -0.25) is 0 Å². The summed E-state index contributed by atoms with van der Waals surface area (Å²) in [4.78, 5) is 0. The van der Waals surface area contributed by atoms with Gasteiger partial charge < -0.3 is 9.13 Å². The molecule has 2 heterocycles. The van der Waals surface area contributed by atoms with Crippen LogP contribution in [0.3, 0.4) is 0 Å². The molecule has 0 bridgehead atoms. The molecule has 0 aliphatic carbocycles. The third kappa shape index (κ3) is 5.00. The summed E-state index contributed by atoms with van der Waals surface area (Å²) in [7, 11) is 0. The maximum Gasteiger partial charge on any atom is 0.126 e. The molecule has 0 unspecified atom stereocenters. The fraction of sp³-hybridized carbons (Fsp3) is 0. The Labute approximate surface area is 309 Å². The second-order valence-electron chi connectivity index (χ2n) is 13.6. The van der Waals surface area contributed by atoms with Crippen LogP contribution in [0.25, 0.3) is 88.4 Å². The van der Waals surface area contributed by atoms with Gasteiger partial charge in [-0.25, -0.2) is 8.78 Å². The van der Waals surface area contributed by atoms with E-state index in [1.54, 1.807) is 12.1 Å². The molecule has 254 valence electrons. The Bertz CT molecular complexity index is 3070. The van der Waals surface area contributed by atoms with E-state index in [9.17, 15) is 14.0 Å². The fourth-order valence-corrected chi connectivity index (χ4v) is 8.09. The summed E-state index contributed by atoms with van der Waals surface area (Å²) < 4.78 is 33.6. The molecule has 8 aromatic carbocycles. The number of aromatic nitrogens is 2. The zero-order valence-corrected chi connectivity index (χ0v) is 28.8. The lowest BCUT2D eigenvalue weighted by molar-refractivity contribution is 0.584. The molecule has 0 N–H and O–H groups in total.